The Morgan fingerprint density at radius 1 is 1.32 bits per heavy atom. The number of hydrazone groups is 1. The van der Waals surface area contributed by atoms with Crippen molar-refractivity contribution in [3.05, 3.63) is 53.8 Å². The van der Waals surface area contributed by atoms with Crippen molar-refractivity contribution in [3.63, 3.8) is 0 Å². The van der Waals surface area contributed by atoms with Gasteiger partial charge in [0.05, 0.1) is 12.8 Å². The summed E-state index contributed by atoms with van der Waals surface area (Å²) in [4.78, 5) is 12.0. The molecule has 1 atom stereocenters. The Morgan fingerprint density at radius 3 is 2.68 bits per heavy atom. The molecule has 0 spiro atoms. The molecular weight excluding hydrogens is 325 g/mol. The molecule has 1 unspecified atom stereocenters. The third kappa shape index (κ3) is 5.49. The number of carbonyl (C=O) groups excluding carboxylic acids is 1. The quantitative estimate of drug-likeness (QED) is 0.532. The average molecular weight is 345 g/mol. The van der Waals surface area contributed by atoms with Gasteiger partial charge in [0.2, 0.25) is 0 Å². The minimum Gasteiger partial charge on any atom is -0.504 e. The van der Waals surface area contributed by atoms with Gasteiger partial charge in [-0.2, -0.15) is 5.10 Å². The van der Waals surface area contributed by atoms with E-state index < -0.39 is 6.04 Å². The summed E-state index contributed by atoms with van der Waals surface area (Å²) >= 11 is 0. The zero-order chi connectivity index (χ0) is 18.2. The molecule has 1 amide bonds. The molecule has 3 N–H and O–H groups in total. The van der Waals surface area contributed by atoms with Crippen LogP contribution in [0.2, 0.25) is 0 Å². The summed E-state index contributed by atoms with van der Waals surface area (Å²) in [5, 5.41) is 16.6. The Hall–Kier alpha value is -3.09. The number of hydrogen-bond donors (Lipinski definition) is 3. The van der Waals surface area contributed by atoms with Gasteiger partial charge >= 0.3 is 0 Å². The molecule has 0 saturated carbocycles. The maximum absolute atomic E-state index is 12.9. The highest BCUT2D eigenvalue weighted by Crippen LogP contribution is 2.26. The van der Waals surface area contributed by atoms with Crippen LogP contribution in [0.25, 0.3) is 0 Å². The largest absolute Gasteiger partial charge is 0.504 e. The van der Waals surface area contributed by atoms with E-state index >= 15 is 0 Å². The monoisotopic (exact) mass is 345 g/mol. The second kappa shape index (κ2) is 8.68. The number of hydrogen-bond acceptors (Lipinski definition) is 5. The Balaban J connectivity index is 1.89. The highest BCUT2D eigenvalue weighted by atomic mass is 19.1. The Kier molecular flexibility index (Phi) is 6.33. The molecule has 0 heterocycles. The lowest BCUT2D eigenvalue weighted by atomic mass is 10.2. The van der Waals surface area contributed by atoms with E-state index in [1.807, 2.05) is 6.92 Å². The SMILES string of the molecule is CCOc1ccc(/C=N/NC(=O)C(C)Nc2ccc(F)cc2)cc1O. The van der Waals surface area contributed by atoms with E-state index in [2.05, 4.69) is 15.8 Å². The maximum Gasteiger partial charge on any atom is 0.262 e. The molecule has 0 saturated heterocycles. The van der Waals surface area contributed by atoms with Gasteiger partial charge in [-0.15, -0.1) is 0 Å². The van der Waals surface area contributed by atoms with Gasteiger partial charge in [-0.3, -0.25) is 4.79 Å². The number of carbonyl (C=O) groups is 1. The molecule has 0 aliphatic carbocycles. The first-order valence-corrected chi connectivity index (χ1v) is 7.80. The van der Waals surface area contributed by atoms with Crippen molar-refractivity contribution in [2.24, 2.45) is 5.10 Å². The van der Waals surface area contributed by atoms with Crippen LogP contribution in [0.3, 0.4) is 0 Å². The second-order valence-electron chi connectivity index (χ2n) is 5.27. The summed E-state index contributed by atoms with van der Waals surface area (Å²) in [6, 6.07) is 9.97. The number of nitrogens with one attached hydrogen (secondary N) is 2. The van der Waals surface area contributed by atoms with Crippen LogP contribution in [0, 0.1) is 5.82 Å². The van der Waals surface area contributed by atoms with Crippen LogP contribution < -0.4 is 15.5 Å². The zero-order valence-corrected chi connectivity index (χ0v) is 14.0. The predicted molar refractivity (Wildman–Crippen MR) is 94.5 cm³/mol. The molecule has 132 valence electrons. The van der Waals surface area contributed by atoms with Crippen LogP contribution in [0.1, 0.15) is 19.4 Å². The number of rotatable bonds is 7. The highest BCUT2D eigenvalue weighted by molar-refractivity contribution is 5.86. The first kappa shape index (κ1) is 18.3. The zero-order valence-electron chi connectivity index (χ0n) is 14.0. The third-order valence-corrected chi connectivity index (χ3v) is 3.29. The van der Waals surface area contributed by atoms with Gasteiger partial charge < -0.3 is 15.2 Å². The Bertz CT molecular complexity index is 748. The summed E-state index contributed by atoms with van der Waals surface area (Å²) in [7, 11) is 0. The lowest BCUT2D eigenvalue weighted by molar-refractivity contribution is -0.121. The van der Waals surface area contributed by atoms with Crippen molar-refractivity contribution >= 4 is 17.8 Å². The molecule has 0 aliphatic heterocycles. The topological polar surface area (TPSA) is 83.0 Å². The molecule has 2 aromatic rings. The summed E-state index contributed by atoms with van der Waals surface area (Å²) < 4.78 is 18.1. The molecular formula is C18H20FN3O3. The van der Waals surface area contributed by atoms with E-state index in [9.17, 15) is 14.3 Å². The van der Waals surface area contributed by atoms with Crippen LogP contribution in [0.5, 0.6) is 11.5 Å². The third-order valence-electron chi connectivity index (χ3n) is 3.29. The van der Waals surface area contributed by atoms with E-state index in [0.717, 1.165) is 0 Å². The number of halogens is 1. The van der Waals surface area contributed by atoms with E-state index in [0.29, 0.717) is 23.6 Å². The van der Waals surface area contributed by atoms with Crippen LogP contribution in [-0.4, -0.2) is 29.9 Å². The fourth-order valence-electron chi connectivity index (χ4n) is 2.02. The summed E-state index contributed by atoms with van der Waals surface area (Å²) in [6.45, 7) is 3.94. The van der Waals surface area contributed by atoms with Gasteiger partial charge in [-0.1, -0.05) is 0 Å². The molecule has 0 aromatic heterocycles. The fourth-order valence-corrected chi connectivity index (χ4v) is 2.02. The molecule has 0 bridgehead atoms. The van der Waals surface area contributed by atoms with Gasteiger partial charge in [0.15, 0.2) is 11.5 Å². The smallest absolute Gasteiger partial charge is 0.262 e. The Labute approximate surface area is 145 Å². The van der Waals surface area contributed by atoms with Crippen molar-refractivity contribution in [2.45, 2.75) is 19.9 Å². The fraction of sp³-hybridized carbons (Fsp3) is 0.222. The molecule has 0 aliphatic rings. The minimum atomic E-state index is -0.559. The predicted octanol–water partition coefficient (Wildman–Crippen LogP) is 2.88. The normalized spacial score (nSPS) is 12.0. The molecule has 7 heteroatoms. The van der Waals surface area contributed by atoms with E-state index in [1.165, 1.54) is 24.4 Å². The van der Waals surface area contributed by atoms with Crippen LogP contribution in [0.15, 0.2) is 47.6 Å². The van der Waals surface area contributed by atoms with Gasteiger partial charge in [0.1, 0.15) is 11.9 Å². The maximum atomic E-state index is 12.9. The number of phenols is 1. The van der Waals surface area contributed by atoms with Gasteiger partial charge in [-0.25, -0.2) is 9.82 Å². The molecule has 25 heavy (non-hydrogen) atoms. The molecule has 6 nitrogen and oxygen atoms in total. The van der Waals surface area contributed by atoms with E-state index in [4.69, 9.17) is 4.74 Å². The average Bonchev–Trinajstić information content (AvgIpc) is 2.59. The standard InChI is InChI=1S/C18H20FN3O3/c1-3-25-17-9-4-13(10-16(17)23)11-20-22-18(24)12(2)21-15-7-5-14(19)6-8-15/h4-12,21,23H,3H2,1-2H3,(H,22,24)/b20-11+. The first-order chi connectivity index (χ1) is 12.0. The van der Waals surface area contributed by atoms with Crippen molar-refractivity contribution in [2.75, 3.05) is 11.9 Å². The lowest BCUT2D eigenvalue weighted by Gasteiger charge is -2.13. The summed E-state index contributed by atoms with van der Waals surface area (Å²) in [5.41, 5.74) is 3.64. The Morgan fingerprint density at radius 2 is 2.04 bits per heavy atom. The number of ether oxygens (including phenoxy) is 1. The minimum absolute atomic E-state index is 0.00321. The van der Waals surface area contributed by atoms with Gasteiger partial charge in [-0.05, 0) is 61.9 Å². The van der Waals surface area contributed by atoms with Crippen molar-refractivity contribution in [3.8, 4) is 11.5 Å². The van der Waals surface area contributed by atoms with Crippen LogP contribution in [-0.2, 0) is 4.79 Å². The highest BCUT2D eigenvalue weighted by Gasteiger charge is 2.11. The number of anilines is 1. The number of nitrogens with zero attached hydrogens (tertiary/aromatic N) is 1. The van der Waals surface area contributed by atoms with Gasteiger partial charge in [0, 0.05) is 5.69 Å². The molecule has 2 rings (SSSR count). The summed E-state index contributed by atoms with van der Waals surface area (Å²) in [5.74, 6) is -0.300. The molecule has 0 radical (unpaired) electrons. The second-order valence-corrected chi connectivity index (χ2v) is 5.27. The van der Waals surface area contributed by atoms with E-state index in [1.54, 1.807) is 31.2 Å². The van der Waals surface area contributed by atoms with Crippen LogP contribution in [0.4, 0.5) is 10.1 Å². The summed E-state index contributed by atoms with van der Waals surface area (Å²) in [6.07, 6.45) is 1.41. The van der Waals surface area contributed by atoms with Gasteiger partial charge in [0.25, 0.3) is 5.91 Å². The van der Waals surface area contributed by atoms with Crippen molar-refractivity contribution in [1.29, 1.82) is 0 Å². The molecule has 0 fully saturated rings. The van der Waals surface area contributed by atoms with Crippen molar-refractivity contribution in [1.82, 2.24) is 5.43 Å². The lowest BCUT2D eigenvalue weighted by Crippen LogP contribution is -2.34. The number of aromatic hydroxyl groups is 1. The first-order valence-electron chi connectivity index (χ1n) is 7.80. The number of phenolic OH excluding ortho intramolecular Hbond substituents is 1. The van der Waals surface area contributed by atoms with Crippen molar-refractivity contribution < 1.29 is 19.0 Å². The van der Waals surface area contributed by atoms with Crippen LogP contribution >= 0.6 is 0 Å². The molecule has 2 aromatic carbocycles. The number of amides is 1. The van der Waals surface area contributed by atoms with E-state index in [-0.39, 0.29) is 17.5 Å². The number of benzene rings is 2.